The van der Waals surface area contributed by atoms with Gasteiger partial charge >= 0.3 is 5.97 Å². The van der Waals surface area contributed by atoms with Crippen LogP contribution in [0.2, 0.25) is 0 Å². The van der Waals surface area contributed by atoms with Gasteiger partial charge in [0.2, 0.25) is 0 Å². The van der Waals surface area contributed by atoms with Crippen molar-refractivity contribution in [2.75, 3.05) is 18.1 Å². The van der Waals surface area contributed by atoms with Gasteiger partial charge in [-0.05, 0) is 47.8 Å². The largest absolute Gasteiger partial charge is 0.482 e. The van der Waals surface area contributed by atoms with Crippen LogP contribution in [0.4, 0.5) is 0 Å². The maximum Gasteiger partial charge on any atom is 0.370 e. The van der Waals surface area contributed by atoms with Crippen LogP contribution >= 0.6 is 23.5 Å². The minimum atomic E-state index is -0.822. The van der Waals surface area contributed by atoms with E-state index in [2.05, 4.69) is 0 Å². The first-order chi connectivity index (χ1) is 13.6. The van der Waals surface area contributed by atoms with Crippen LogP contribution in [-0.2, 0) is 9.63 Å². The van der Waals surface area contributed by atoms with Gasteiger partial charge in [0, 0.05) is 0 Å². The fourth-order valence-corrected chi connectivity index (χ4v) is 5.82. The number of hydroxylamine groups is 2. The summed E-state index contributed by atoms with van der Waals surface area (Å²) in [6, 6.07) is 13.9. The molecule has 0 spiro atoms. The lowest BCUT2D eigenvalue weighted by Crippen LogP contribution is -2.34. The molecule has 2 aliphatic heterocycles. The summed E-state index contributed by atoms with van der Waals surface area (Å²) in [7, 11) is 0. The minimum absolute atomic E-state index is 0.218. The van der Waals surface area contributed by atoms with Gasteiger partial charge in [-0.3, -0.25) is 9.59 Å². The lowest BCUT2D eigenvalue weighted by atomic mass is 10.1. The summed E-state index contributed by atoms with van der Waals surface area (Å²) < 4.78 is 5.86. The van der Waals surface area contributed by atoms with Crippen LogP contribution in [0.3, 0.4) is 0 Å². The number of carbonyl (C=O) groups is 3. The Kier molecular flexibility index (Phi) is 5.59. The molecule has 2 aromatic rings. The number of nitrogens with zero attached hydrogens (tertiary/aromatic N) is 1. The standard InChI is InChI=1S/C20H17NO5S2/c22-17(26-21-18(23)15-4-1-2-5-16(15)19(21)24)12-25-14-8-6-13(7-9-14)20-27-10-3-11-28-20/h1-2,4-9,20H,3,10-12H2. The molecule has 0 aromatic heterocycles. The fraction of sp³-hybridized carbons (Fsp3) is 0.250. The van der Waals surface area contributed by atoms with Gasteiger partial charge in [-0.2, -0.15) is 0 Å². The molecule has 0 radical (unpaired) electrons. The second-order valence-electron chi connectivity index (χ2n) is 6.20. The molecule has 0 bridgehead atoms. The van der Waals surface area contributed by atoms with Gasteiger partial charge in [-0.1, -0.05) is 29.3 Å². The Bertz CT molecular complexity index is 874. The number of imide groups is 1. The Balaban J connectivity index is 1.31. The summed E-state index contributed by atoms with van der Waals surface area (Å²) in [5.41, 5.74) is 1.65. The predicted octanol–water partition coefficient (Wildman–Crippen LogP) is 3.69. The highest BCUT2D eigenvalue weighted by molar-refractivity contribution is 8.16. The third-order valence-corrected chi connectivity index (χ3v) is 7.30. The lowest BCUT2D eigenvalue weighted by Gasteiger charge is -2.21. The molecule has 1 saturated heterocycles. The number of carbonyl (C=O) groups excluding carboxylic acids is 3. The normalized spacial score (nSPS) is 16.8. The number of benzene rings is 2. The highest BCUT2D eigenvalue weighted by Crippen LogP contribution is 2.43. The molecule has 0 N–H and O–H groups in total. The van der Waals surface area contributed by atoms with E-state index in [4.69, 9.17) is 9.57 Å². The summed E-state index contributed by atoms with van der Waals surface area (Å²) in [6.07, 6.45) is 1.24. The molecule has 4 rings (SSSR count). The van der Waals surface area contributed by atoms with Crippen molar-refractivity contribution in [3.8, 4) is 5.75 Å². The molecule has 2 heterocycles. The van der Waals surface area contributed by atoms with E-state index in [0.29, 0.717) is 15.4 Å². The molecule has 28 heavy (non-hydrogen) atoms. The zero-order valence-electron chi connectivity index (χ0n) is 14.8. The van der Waals surface area contributed by atoms with Crippen LogP contribution in [0.1, 0.15) is 37.3 Å². The average molecular weight is 415 g/mol. The van der Waals surface area contributed by atoms with Gasteiger partial charge in [0.1, 0.15) is 5.75 Å². The topological polar surface area (TPSA) is 72.9 Å². The Hall–Kier alpha value is -2.45. The average Bonchev–Trinajstić information content (AvgIpc) is 2.98. The third kappa shape index (κ3) is 3.88. The number of rotatable bonds is 5. The molecular weight excluding hydrogens is 398 g/mol. The maximum atomic E-state index is 12.2. The SMILES string of the molecule is O=C(COc1ccc(C2SCCCS2)cc1)ON1C(=O)c2ccccc2C1=O. The molecule has 2 amide bonds. The molecule has 2 aliphatic rings. The molecule has 0 saturated carbocycles. The van der Waals surface area contributed by atoms with Crippen molar-refractivity contribution in [1.82, 2.24) is 5.06 Å². The first kappa shape index (κ1) is 18.9. The van der Waals surface area contributed by atoms with E-state index in [1.54, 1.807) is 24.3 Å². The Morgan fingerprint density at radius 1 is 0.964 bits per heavy atom. The third-order valence-electron chi connectivity index (χ3n) is 4.29. The van der Waals surface area contributed by atoms with Gasteiger partial charge in [0.15, 0.2) is 6.61 Å². The summed E-state index contributed by atoms with van der Waals surface area (Å²) in [4.78, 5) is 41.3. The van der Waals surface area contributed by atoms with E-state index in [9.17, 15) is 14.4 Å². The van der Waals surface area contributed by atoms with E-state index < -0.39 is 24.4 Å². The first-order valence-corrected chi connectivity index (χ1v) is 10.9. The number of hydrogen-bond acceptors (Lipinski definition) is 7. The first-order valence-electron chi connectivity index (χ1n) is 8.78. The van der Waals surface area contributed by atoms with Crippen LogP contribution in [0.5, 0.6) is 5.75 Å². The Morgan fingerprint density at radius 3 is 2.18 bits per heavy atom. The second kappa shape index (κ2) is 8.28. The van der Waals surface area contributed by atoms with E-state index in [1.807, 2.05) is 35.7 Å². The summed E-state index contributed by atoms with van der Waals surface area (Å²) >= 11 is 3.86. The summed E-state index contributed by atoms with van der Waals surface area (Å²) in [5, 5.41) is 0.483. The Morgan fingerprint density at radius 2 is 1.57 bits per heavy atom. The summed E-state index contributed by atoms with van der Waals surface area (Å²) in [5.74, 6) is 0.728. The smallest absolute Gasteiger partial charge is 0.370 e. The van der Waals surface area contributed by atoms with Gasteiger partial charge in [0.05, 0.1) is 15.7 Å². The van der Waals surface area contributed by atoms with E-state index in [1.165, 1.54) is 35.6 Å². The minimum Gasteiger partial charge on any atom is -0.482 e. The molecule has 2 aromatic carbocycles. The second-order valence-corrected chi connectivity index (χ2v) is 8.92. The number of amides is 2. The van der Waals surface area contributed by atoms with Crippen molar-refractivity contribution >= 4 is 41.3 Å². The number of ether oxygens (including phenoxy) is 1. The van der Waals surface area contributed by atoms with Gasteiger partial charge in [-0.25, -0.2) is 4.79 Å². The molecule has 0 aliphatic carbocycles. The molecule has 1 fully saturated rings. The van der Waals surface area contributed by atoms with Crippen molar-refractivity contribution < 1.29 is 24.0 Å². The van der Waals surface area contributed by atoms with Gasteiger partial charge < -0.3 is 9.57 Å². The maximum absolute atomic E-state index is 12.2. The van der Waals surface area contributed by atoms with Crippen LogP contribution in [-0.4, -0.2) is 41.0 Å². The molecule has 0 atom stereocenters. The van der Waals surface area contributed by atoms with Crippen LogP contribution in [0.25, 0.3) is 0 Å². The zero-order chi connectivity index (χ0) is 19.5. The van der Waals surface area contributed by atoms with E-state index in [-0.39, 0.29) is 11.1 Å². The predicted molar refractivity (Wildman–Crippen MR) is 107 cm³/mol. The number of hydrogen-bond donors (Lipinski definition) is 0. The summed E-state index contributed by atoms with van der Waals surface area (Å²) in [6.45, 7) is -0.403. The molecule has 8 heteroatoms. The molecular formula is C20H17NO5S2. The van der Waals surface area contributed by atoms with Crippen LogP contribution in [0.15, 0.2) is 48.5 Å². The van der Waals surface area contributed by atoms with Crippen molar-refractivity contribution in [1.29, 1.82) is 0 Å². The lowest BCUT2D eigenvalue weighted by molar-refractivity contribution is -0.170. The number of thioether (sulfide) groups is 2. The van der Waals surface area contributed by atoms with Crippen molar-refractivity contribution in [3.63, 3.8) is 0 Å². The fourth-order valence-electron chi connectivity index (χ4n) is 2.92. The van der Waals surface area contributed by atoms with Gasteiger partial charge in [-0.15, -0.1) is 23.5 Å². The highest BCUT2D eigenvalue weighted by Gasteiger charge is 2.38. The molecule has 144 valence electrons. The van der Waals surface area contributed by atoms with Crippen molar-refractivity contribution in [2.45, 2.75) is 11.0 Å². The Labute approximate surface area is 170 Å². The quantitative estimate of drug-likeness (QED) is 0.690. The highest BCUT2D eigenvalue weighted by atomic mass is 32.2. The molecule has 6 nitrogen and oxygen atoms in total. The van der Waals surface area contributed by atoms with Crippen LogP contribution in [0, 0.1) is 0 Å². The van der Waals surface area contributed by atoms with E-state index in [0.717, 1.165) is 0 Å². The van der Waals surface area contributed by atoms with Crippen molar-refractivity contribution in [3.05, 3.63) is 65.2 Å². The van der Waals surface area contributed by atoms with E-state index >= 15 is 0 Å². The van der Waals surface area contributed by atoms with Gasteiger partial charge in [0.25, 0.3) is 11.8 Å². The number of fused-ring (bicyclic) bond motifs is 1. The monoisotopic (exact) mass is 415 g/mol. The molecule has 0 unspecified atom stereocenters. The van der Waals surface area contributed by atoms with Crippen molar-refractivity contribution in [2.24, 2.45) is 0 Å². The zero-order valence-corrected chi connectivity index (χ0v) is 16.5. The van der Waals surface area contributed by atoms with Crippen LogP contribution < -0.4 is 4.74 Å².